The lowest BCUT2D eigenvalue weighted by Crippen LogP contribution is -2.40. The van der Waals surface area contributed by atoms with E-state index in [1.54, 1.807) is 6.07 Å². The molecule has 1 aliphatic heterocycles. The lowest BCUT2D eigenvalue weighted by atomic mass is 9.97. The Morgan fingerprint density at radius 1 is 1.14 bits per heavy atom. The standard InChI is InChI=1S/C23H28F2N4/c1-28(16-23-26-21-9-8-20(25)13-22(21)27-23)14-18-3-2-11-29(15-18)12-10-17-4-6-19(24)7-5-17/h4-9,13,18H,2-3,10-12,14-16H2,1H3,(H,26,27)/t18-/m0/s1. The van der Waals surface area contributed by atoms with Gasteiger partial charge in [0.05, 0.1) is 17.6 Å². The van der Waals surface area contributed by atoms with E-state index >= 15 is 0 Å². The molecule has 2 aromatic carbocycles. The number of piperidine rings is 1. The SMILES string of the molecule is CN(Cc1nc2ccc(F)cc2[nH]1)C[C@@H]1CCCN(CCc2ccc(F)cc2)C1. The molecular formula is C23H28F2N4. The van der Waals surface area contributed by atoms with E-state index in [1.807, 2.05) is 12.1 Å². The number of halogens is 2. The predicted molar refractivity (Wildman–Crippen MR) is 112 cm³/mol. The minimum absolute atomic E-state index is 0.176. The second kappa shape index (κ2) is 9.01. The molecule has 2 heterocycles. The van der Waals surface area contributed by atoms with Gasteiger partial charge in [-0.05, 0) is 74.7 Å². The Morgan fingerprint density at radius 2 is 1.93 bits per heavy atom. The average Bonchev–Trinajstić information content (AvgIpc) is 3.09. The molecular weight excluding hydrogens is 370 g/mol. The molecule has 1 fully saturated rings. The van der Waals surface area contributed by atoms with Crippen molar-refractivity contribution in [2.75, 3.05) is 33.2 Å². The van der Waals surface area contributed by atoms with Crippen LogP contribution in [0, 0.1) is 17.6 Å². The summed E-state index contributed by atoms with van der Waals surface area (Å²) in [5.41, 5.74) is 2.74. The molecule has 4 rings (SSSR count). The molecule has 4 nitrogen and oxygen atoms in total. The van der Waals surface area contributed by atoms with Crippen LogP contribution in [0.3, 0.4) is 0 Å². The first-order valence-corrected chi connectivity index (χ1v) is 10.3. The third-order valence-corrected chi connectivity index (χ3v) is 5.72. The van der Waals surface area contributed by atoms with Crippen LogP contribution in [0.1, 0.15) is 24.2 Å². The number of imidazole rings is 1. The van der Waals surface area contributed by atoms with E-state index in [1.165, 1.54) is 42.7 Å². The molecule has 1 aliphatic rings. The van der Waals surface area contributed by atoms with Gasteiger partial charge in [-0.2, -0.15) is 0 Å². The highest BCUT2D eigenvalue weighted by Crippen LogP contribution is 2.19. The van der Waals surface area contributed by atoms with Crippen molar-refractivity contribution in [3.8, 4) is 0 Å². The van der Waals surface area contributed by atoms with Gasteiger partial charge in [0.15, 0.2) is 0 Å². The molecule has 6 heteroatoms. The molecule has 29 heavy (non-hydrogen) atoms. The quantitative estimate of drug-likeness (QED) is 0.647. The molecule has 154 valence electrons. The molecule has 0 unspecified atom stereocenters. The molecule has 1 N–H and O–H groups in total. The number of likely N-dealkylation sites (tertiary alicyclic amines) is 1. The van der Waals surface area contributed by atoms with Gasteiger partial charge in [-0.1, -0.05) is 12.1 Å². The van der Waals surface area contributed by atoms with Crippen LogP contribution in [0.4, 0.5) is 8.78 Å². The summed E-state index contributed by atoms with van der Waals surface area (Å²) in [7, 11) is 2.12. The maximum Gasteiger partial charge on any atom is 0.125 e. The number of aromatic nitrogens is 2. The first-order valence-electron chi connectivity index (χ1n) is 10.3. The maximum atomic E-state index is 13.4. The first-order chi connectivity index (χ1) is 14.0. The lowest BCUT2D eigenvalue weighted by molar-refractivity contribution is 0.141. The molecule has 0 bridgehead atoms. The summed E-state index contributed by atoms with van der Waals surface area (Å²) in [4.78, 5) is 12.6. The van der Waals surface area contributed by atoms with Gasteiger partial charge in [-0.15, -0.1) is 0 Å². The number of hydrogen-bond donors (Lipinski definition) is 1. The first kappa shape index (κ1) is 20.0. The Morgan fingerprint density at radius 3 is 2.76 bits per heavy atom. The molecule has 0 radical (unpaired) electrons. The van der Waals surface area contributed by atoms with Crippen molar-refractivity contribution in [3.05, 3.63) is 65.5 Å². The van der Waals surface area contributed by atoms with Gasteiger partial charge in [0.2, 0.25) is 0 Å². The molecule has 0 amide bonds. The van der Waals surface area contributed by atoms with Crippen LogP contribution in [0.15, 0.2) is 42.5 Å². The van der Waals surface area contributed by atoms with Crippen LogP contribution >= 0.6 is 0 Å². The number of nitrogens with one attached hydrogen (secondary N) is 1. The van der Waals surface area contributed by atoms with Gasteiger partial charge in [-0.3, -0.25) is 4.90 Å². The monoisotopic (exact) mass is 398 g/mol. The van der Waals surface area contributed by atoms with Gasteiger partial charge >= 0.3 is 0 Å². The van der Waals surface area contributed by atoms with Crippen molar-refractivity contribution in [3.63, 3.8) is 0 Å². The minimum Gasteiger partial charge on any atom is -0.341 e. The van der Waals surface area contributed by atoms with Crippen molar-refractivity contribution in [1.82, 2.24) is 19.8 Å². The Bertz CT molecular complexity index is 938. The smallest absolute Gasteiger partial charge is 0.125 e. The van der Waals surface area contributed by atoms with Crippen LogP contribution in [0.2, 0.25) is 0 Å². The number of nitrogens with zero attached hydrogens (tertiary/aromatic N) is 3. The second-order valence-electron chi connectivity index (χ2n) is 8.23. The van der Waals surface area contributed by atoms with Crippen LogP contribution < -0.4 is 0 Å². The second-order valence-corrected chi connectivity index (χ2v) is 8.23. The molecule has 1 atom stereocenters. The van der Waals surface area contributed by atoms with Gasteiger partial charge in [0, 0.05) is 19.6 Å². The fourth-order valence-corrected chi connectivity index (χ4v) is 4.31. The van der Waals surface area contributed by atoms with Gasteiger partial charge in [0.25, 0.3) is 0 Å². The Hall–Kier alpha value is -2.31. The predicted octanol–water partition coefficient (Wildman–Crippen LogP) is 4.23. The van der Waals surface area contributed by atoms with Crippen LogP contribution in [0.25, 0.3) is 11.0 Å². The van der Waals surface area contributed by atoms with Crippen molar-refractivity contribution in [1.29, 1.82) is 0 Å². The maximum absolute atomic E-state index is 13.4. The van der Waals surface area contributed by atoms with Crippen molar-refractivity contribution in [2.45, 2.75) is 25.8 Å². The summed E-state index contributed by atoms with van der Waals surface area (Å²) >= 11 is 0. The highest BCUT2D eigenvalue weighted by molar-refractivity contribution is 5.74. The highest BCUT2D eigenvalue weighted by atomic mass is 19.1. The number of H-pyrrole nitrogens is 1. The van der Waals surface area contributed by atoms with Gasteiger partial charge in [-0.25, -0.2) is 13.8 Å². The Kier molecular flexibility index (Phi) is 6.21. The fourth-order valence-electron chi connectivity index (χ4n) is 4.31. The number of fused-ring (bicyclic) bond motifs is 1. The number of rotatable bonds is 7. The molecule has 0 saturated carbocycles. The number of aromatic amines is 1. The van der Waals surface area contributed by atoms with Crippen LogP contribution in [-0.2, 0) is 13.0 Å². The summed E-state index contributed by atoms with van der Waals surface area (Å²) in [5.74, 6) is 1.08. The fraction of sp³-hybridized carbons (Fsp3) is 0.435. The van der Waals surface area contributed by atoms with E-state index in [4.69, 9.17) is 0 Å². The van der Waals surface area contributed by atoms with Gasteiger partial charge in [0.1, 0.15) is 17.5 Å². The van der Waals surface area contributed by atoms with E-state index < -0.39 is 0 Å². The van der Waals surface area contributed by atoms with Crippen LogP contribution in [0.5, 0.6) is 0 Å². The third kappa shape index (κ3) is 5.40. The van der Waals surface area contributed by atoms with Crippen molar-refractivity contribution in [2.24, 2.45) is 5.92 Å². The number of hydrogen-bond acceptors (Lipinski definition) is 3. The molecule has 1 saturated heterocycles. The van der Waals surface area contributed by atoms with E-state index in [2.05, 4.69) is 26.8 Å². The average molecular weight is 399 g/mol. The number of benzene rings is 2. The van der Waals surface area contributed by atoms with Crippen molar-refractivity contribution >= 4 is 11.0 Å². The van der Waals surface area contributed by atoms with E-state index in [0.717, 1.165) is 56.0 Å². The topological polar surface area (TPSA) is 35.2 Å². The lowest BCUT2D eigenvalue weighted by Gasteiger charge is -2.34. The van der Waals surface area contributed by atoms with Crippen LogP contribution in [-0.4, -0.2) is 53.0 Å². The van der Waals surface area contributed by atoms with Gasteiger partial charge < -0.3 is 9.88 Å². The molecule has 0 spiro atoms. The largest absolute Gasteiger partial charge is 0.341 e. The zero-order valence-electron chi connectivity index (χ0n) is 16.9. The summed E-state index contributed by atoms with van der Waals surface area (Å²) in [6.45, 7) is 4.98. The zero-order valence-corrected chi connectivity index (χ0v) is 16.9. The van der Waals surface area contributed by atoms with E-state index in [0.29, 0.717) is 5.92 Å². The summed E-state index contributed by atoms with van der Waals surface area (Å²) in [6.07, 6.45) is 3.41. The highest BCUT2D eigenvalue weighted by Gasteiger charge is 2.21. The third-order valence-electron chi connectivity index (χ3n) is 5.72. The Balaban J connectivity index is 1.27. The molecule has 1 aromatic heterocycles. The summed E-state index contributed by atoms with van der Waals surface area (Å²) in [5, 5.41) is 0. The van der Waals surface area contributed by atoms with E-state index in [9.17, 15) is 8.78 Å². The molecule has 0 aliphatic carbocycles. The Labute approximate surface area is 170 Å². The van der Waals surface area contributed by atoms with Crippen molar-refractivity contribution < 1.29 is 8.78 Å². The molecule has 3 aromatic rings. The minimum atomic E-state index is -0.246. The zero-order chi connectivity index (χ0) is 20.2. The summed E-state index contributed by atoms with van der Waals surface area (Å²) in [6, 6.07) is 11.5. The summed E-state index contributed by atoms with van der Waals surface area (Å²) < 4.78 is 26.4. The van der Waals surface area contributed by atoms with E-state index in [-0.39, 0.29) is 11.6 Å². The normalized spacial score (nSPS) is 18.0.